The highest BCUT2D eigenvalue weighted by molar-refractivity contribution is 6.32. The third-order valence-electron chi connectivity index (χ3n) is 8.94. The number of ketones is 3. The summed E-state index contributed by atoms with van der Waals surface area (Å²) >= 11 is 0. The van der Waals surface area contributed by atoms with Crippen LogP contribution in [0.25, 0.3) is 6.08 Å². The summed E-state index contributed by atoms with van der Waals surface area (Å²) in [7, 11) is 0. The van der Waals surface area contributed by atoms with Crippen LogP contribution in [0.3, 0.4) is 0 Å². The minimum absolute atomic E-state index is 0.265. The highest BCUT2D eigenvalue weighted by Crippen LogP contribution is 2.62. The van der Waals surface area contributed by atoms with E-state index in [0.29, 0.717) is 40.4 Å². The van der Waals surface area contributed by atoms with Crippen LogP contribution >= 0.6 is 0 Å². The van der Waals surface area contributed by atoms with Gasteiger partial charge in [-0.3, -0.25) is 19.2 Å². The molecule has 3 aliphatic rings. The number of benzene rings is 4. The van der Waals surface area contributed by atoms with Gasteiger partial charge in [0, 0.05) is 40.8 Å². The van der Waals surface area contributed by atoms with Gasteiger partial charge in [0.2, 0.25) is 0 Å². The Bertz CT molecular complexity index is 1840. The van der Waals surface area contributed by atoms with E-state index >= 15 is 0 Å². The van der Waals surface area contributed by atoms with Crippen molar-refractivity contribution in [3.05, 3.63) is 131 Å². The lowest BCUT2D eigenvalue weighted by Gasteiger charge is -2.37. The Balaban J connectivity index is 1.51. The third-order valence-corrected chi connectivity index (χ3v) is 8.94. The molecule has 44 heavy (non-hydrogen) atoms. The standard InChI is InChI=1S/C37H29NO6/c1-3-43-30-15-9-7-13-28(30)32-33(34(40)24-16-19-25(20-17-24)44-22(2)39)38-29-14-8-4-10-23(29)18-21-31(38)37(32)35(41)26-11-5-6-12-27(26)36(37)42/h4-21,31-33H,3H2,1-2H3. The summed E-state index contributed by atoms with van der Waals surface area (Å²) in [6.45, 7) is 3.55. The number of hydrogen-bond donors (Lipinski definition) is 0. The van der Waals surface area contributed by atoms with E-state index in [0.717, 1.165) is 11.3 Å². The number of ether oxygens (including phenoxy) is 2. The van der Waals surface area contributed by atoms with E-state index in [4.69, 9.17) is 9.47 Å². The van der Waals surface area contributed by atoms with Crippen molar-refractivity contribution in [2.45, 2.75) is 31.8 Å². The van der Waals surface area contributed by atoms with Crippen molar-refractivity contribution in [2.24, 2.45) is 5.41 Å². The van der Waals surface area contributed by atoms with Crippen molar-refractivity contribution >= 4 is 35.1 Å². The highest BCUT2D eigenvalue weighted by atomic mass is 16.5. The van der Waals surface area contributed by atoms with Crippen molar-refractivity contribution in [3.8, 4) is 11.5 Å². The Morgan fingerprint density at radius 1 is 0.818 bits per heavy atom. The molecular weight excluding hydrogens is 554 g/mol. The average Bonchev–Trinajstić information content (AvgIpc) is 3.47. The minimum Gasteiger partial charge on any atom is -0.494 e. The quantitative estimate of drug-likeness (QED) is 0.113. The first-order chi connectivity index (χ1) is 21.4. The van der Waals surface area contributed by atoms with E-state index < -0.39 is 29.4 Å². The van der Waals surface area contributed by atoms with Crippen molar-refractivity contribution in [1.29, 1.82) is 0 Å². The fourth-order valence-electron chi connectivity index (χ4n) is 7.31. The molecule has 4 aromatic carbocycles. The van der Waals surface area contributed by atoms with Gasteiger partial charge in [-0.05, 0) is 48.9 Å². The van der Waals surface area contributed by atoms with Gasteiger partial charge in [-0.2, -0.15) is 0 Å². The first kappa shape index (κ1) is 27.5. The van der Waals surface area contributed by atoms with Crippen molar-refractivity contribution in [2.75, 3.05) is 11.5 Å². The number of Topliss-reactive ketones (excluding diaryl/α,β-unsaturated/α-hetero) is 3. The molecule has 0 aromatic heterocycles. The summed E-state index contributed by atoms with van der Waals surface area (Å²) < 4.78 is 11.3. The van der Waals surface area contributed by atoms with Gasteiger partial charge >= 0.3 is 5.97 Å². The summed E-state index contributed by atoms with van der Waals surface area (Å²) in [5, 5.41) is 0. The number of para-hydroxylation sites is 2. The molecule has 0 bridgehead atoms. The molecule has 7 rings (SSSR count). The summed E-state index contributed by atoms with van der Waals surface area (Å²) in [6, 6.07) is 26.7. The van der Waals surface area contributed by atoms with Crippen LogP contribution in [0.15, 0.2) is 103 Å². The Hall–Kier alpha value is -5.30. The maximum absolute atomic E-state index is 14.9. The maximum atomic E-state index is 14.9. The van der Waals surface area contributed by atoms with Gasteiger partial charge in [-0.25, -0.2) is 0 Å². The molecule has 4 aromatic rings. The van der Waals surface area contributed by atoms with Crippen LogP contribution in [0.1, 0.15) is 62.0 Å². The van der Waals surface area contributed by atoms with E-state index in [9.17, 15) is 19.2 Å². The van der Waals surface area contributed by atoms with Gasteiger partial charge in [0.1, 0.15) is 23.0 Å². The monoisotopic (exact) mass is 583 g/mol. The Morgan fingerprint density at radius 2 is 1.45 bits per heavy atom. The van der Waals surface area contributed by atoms with E-state index in [1.54, 1.807) is 48.5 Å². The molecule has 1 fully saturated rings. The molecule has 0 N–H and O–H groups in total. The molecule has 1 aliphatic carbocycles. The summed E-state index contributed by atoms with van der Waals surface area (Å²) in [6.07, 6.45) is 3.84. The largest absolute Gasteiger partial charge is 0.494 e. The number of anilines is 1. The maximum Gasteiger partial charge on any atom is 0.308 e. The second-order valence-corrected chi connectivity index (χ2v) is 11.2. The number of carbonyl (C=O) groups excluding carboxylic acids is 4. The molecule has 7 nitrogen and oxygen atoms in total. The molecule has 3 unspecified atom stereocenters. The molecule has 0 radical (unpaired) electrons. The molecule has 2 heterocycles. The molecule has 1 spiro atoms. The van der Waals surface area contributed by atoms with E-state index in [-0.39, 0.29) is 17.3 Å². The van der Waals surface area contributed by atoms with Crippen LogP contribution < -0.4 is 14.4 Å². The summed E-state index contributed by atoms with van der Waals surface area (Å²) in [4.78, 5) is 58.0. The lowest BCUT2D eigenvalue weighted by molar-refractivity contribution is -0.131. The first-order valence-electron chi connectivity index (χ1n) is 14.7. The zero-order chi connectivity index (χ0) is 30.6. The molecule has 7 heteroatoms. The van der Waals surface area contributed by atoms with Crippen LogP contribution in [-0.2, 0) is 4.79 Å². The van der Waals surface area contributed by atoms with E-state index in [2.05, 4.69) is 0 Å². The number of nitrogens with zero attached hydrogens (tertiary/aromatic N) is 1. The molecule has 1 saturated heterocycles. The molecule has 0 amide bonds. The Labute approximate surface area is 254 Å². The smallest absolute Gasteiger partial charge is 0.308 e. The lowest BCUT2D eigenvalue weighted by atomic mass is 9.64. The number of rotatable bonds is 6. The SMILES string of the molecule is CCOc1ccccc1C1C(C(=O)c2ccc(OC(C)=O)cc2)N2c3ccccc3C=CC2C12C(=O)c1ccccc1C2=O. The number of carbonyl (C=O) groups is 4. The Morgan fingerprint density at radius 3 is 2.14 bits per heavy atom. The lowest BCUT2D eigenvalue weighted by Crippen LogP contribution is -2.48. The Kier molecular flexibility index (Phi) is 6.54. The van der Waals surface area contributed by atoms with Gasteiger partial charge in [0.25, 0.3) is 0 Å². The second kappa shape index (κ2) is 10.5. The molecule has 0 saturated carbocycles. The van der Waals surface area contributed by atoms with E-state index in [1.807, 2.05) is 72.5 Å². The van der Waals surface area contributed by atoms with Crippen molar-refractivity contribution < 1.29 is 28.7 Å². The van der Waals surface area contributed by atoms with Gasteiger partial charge in [-0.15, -0.1) is 0 Å². The number of hydrogen-bond acceptors (Lipinski definition) is 7. The number of esters is 1. The second-order valence-electron chi connectivity index (χ2n) is 11.2. The molecular formula is C37H29NO6. The predicted octanol–water partition coefficient (Wildman–Crippen LogP) is 6.33. The highest BCUT2D eigenvalue weighted by Gasteiger charge is 2.71. The van der Waals surface area contributed by atoms with Gasteiger partial charge in [0.05, 0.1) is 12.6 Å². The van der Waals surface area contributed by atoms with Crippen LogP contribution in [0.5, 0.6) is 11.5 Å². The normalized spacial score (nSPS) is 20.7. The zero-order valence-corrected chi connectivity index (χ0v) is 24.2. The number of fused-ring (bicyclic) bond motifs is 5. The fraction of sp³-hybridized carbons (Fsp3) is 0.189. The van der Waals surface area contributed by atoms with E-state index in [1.165, 1.54) is 6.92 Å². The fourth-order valence-corrected chi connectivity index (χ4v) is 7.31. The van der Waals surface area contributed by atoms with Gasteiger partial charge in [0.15, 0.2) is 17.3 Å². The molecule has 2 aliphatic heterocycles. The predicted molar refractivity (Wildman–Crippen MR) is 166 cm³/mol. The molecule has 218 valence electrons. The third kappa shape index (κ3) is 3.89. The van der Waals surface area contributed by atoms with Crippen molar-refractivity contribution in [1.82, 2.24) is 0 Å². The van der Waals surface area contributed by atoms with Crippen LogP contribution in [-0.4, -0.2) is 42.0 Å². The van der Waals surface area contributed by atoms with Crippen LogP contribution in [0.2, 0.25) is 0 Å². The first-order valence-corrected chi connectivity index (χ1v) is 14.7. The molecule has 3 atom stereocenters. The summed E-state index contributed by atoms with van der Waals surface area (Å²) in [5.74, 6) is -1.38. The topological polar surface area (TPSA) is 90.0 Å². The van der Waals surface area contributed by atoms with Crippen LogP contribution in [0, 0.1) is 5.41 Å². The van der Waals surface area contributed by atoms with Crippen LogP contribution in [0.4, 0.5) is 5.69 Å². The minimum atomic E-state index is -1.63. The van der Waals surface area contributed by atoms with Gasteiger partial charge < -0.3 is 14.4 Å². The van der Waals surface area contributed by atoms with Gasteiger partial charge in [-0.1, -0.05) is 72.8 Å². The zero-order valence-electron chi connectivity index (χ0n) is 24.2. The summed E-state index contributed by atoms with van der Waals surface area (Å²) in [5.41, 5.74) is 1.74. The van der Waals surface area contributed by atoms with Crippen molar-refractivity contribution in [3.63, 3.8) is 0 Å². The average molecular weight is 584 g/mol.